The number of amides is 1. The van der Waals surface area contributed by atoms with Crippen molar-refractivity contribution in [2.75, 3.05) is 13.7 Å². The molecule has 3 heterocycles. The molecule has 1 aromatic carbocycles. The number of aromatic nitrogens is 4. The van der Waals surface area contributed by atoms with Crippen molar-refractivity contribution in [2.45, 2.75) is 19.5 Å². The Hall–Kier alpha value is -3.22. The lowest BCUT2D eigenvalue weighted by molar-refractivity contribution is 0.0627. The Labute approximate surface area is 151 Å². The first kappa shape index (κ1) is 16.3. The van der Waals surface area contributed by atoms with Gasteiger partial charge in [0.1, 0.15) is 11.6 Å². The molecular weight excluding hydrogens is 330 g/mol. The summed E-state index contributed by atoms with van der Waals surface area (Å²) >= 11 is 0. The summed E-state index contributed by atoms with van der Waals surface area (Å²) in [5, 5.41) is 4.60. The summed E-state index contributed by atoms with van der Waals surface area (Å²) in [6, 6.07) is 11.4. The molecule has 0 radical (unpaired) electrons. The van der Waals surface area contributed by atoms with E-state index in [9.17, 15) is 4.79 Å². The Morgan fingerprint density at radius 2 is 2.00 bits per heavy atom. The molecule has 0 saturated heterocycles. The van der Waals surface area contributed by atoms with E-state index < -0.39 is 0 Å². The Kier molecular flexibility index (Phi) is 4.12. The van der Waals surface area contributed by atoms with Crippen LogP contribution in [0.5, 0.6) is 5.75 Å². The molecule has 0 unspecified atom stereocenters. The molecule has 0 aliphatic carbocycles. The van der Waals surface area contributed by atoms with Crippen LogP contribution in [0.3, 0.4) is 0 Å². The maximum Gasteiger partial charge on any atom is 0.258 e. The van der Waals surface area contributed by atoms with Crippen molar-refractivity contribution in [3.63, 3.8) is 0 Å². The van der Waals surface area contributed by atoms with Crippen LogP contribution >= 0.6 is 0 Å². The van der Waals surface area contributed by atoms with Gasteiger partial charge in [-0.15, -0.1) is 0 Å². The topological polar surface area (TPSA) is 73.1 Å². The van der Waals surface area contributed by atoms with Crippen LogP contribution < -0.4 is 4.74 Å². The molecule has 3 aromatic rings. The number of ether oxygens (including phenoxy) is 1. The minimum Gasteiger partial charge on any atom is -0.494 e. The quantitative estimate of drug-likeness (QED) is 0.727. The molecule has 1 amide bonds. The van der Waals surface area contributed by atoms with E-state index in [0.717, 1.165) is 11.4 Å². The molecule has 7 nitrogen and oxygen atoms in total. The molecule has 1 aliphatic heterocycles. The van der Waals surface area contributed by atoms with Crippen LogP contribution in [-0.2, 0) is 6.54 Å². The molecule has 0 bridgehead atoms. The lowest BCUT2D eigenvalue weighted by atomic mass is 10.1. The zero-order valence-electron chi connectivity index (χ0n) is 14.7. The smallest absolute Gasteiger partial charge is 0.258 e. The van der Waals surface area contributed by atoms with E-state index in [1.165, 1.54) is 7.11 Å². The van der Waals surface area contributed by atoms with E-state index in [4.69, 9.17) is 4.74 Å². The van der Waals surface area contributed by atoms with Gasteiger partial charge in [-0.2, -0.15) is 5.10 Å². The number of carbonyl (C=O) groups excluding carboxylic acids is 1. The summed E-state index contributed by atoms with van der Waals surface area (Å²) in [7, 11) is 1.54. The van der Waals surface area contributed by atoms with Gasteiger partial charge in [-0.3, -0.25) is 9.78 Å². The molecule has 0 N–H and O–H groups in total. The molecule has 132 valence electrons. The normalized spacial score (nSPS) is 16.2. The average molecular weight is 349 g/mol. The number of benzene rings is 1. The van der Waals surface area contributed by atoms with Gasteiger partial charge in [0.2, 0.25) is 0 Å². The lowest BCUT2D eigenvalue weighted by Gasteiger charge is -2.33. The molecule has 0 saturated carbocycles. The van der Waals surface area contributed by atoms with E-state index in [0.29, 0.717) is 30.2 Å². The summed E-state index contributed by atoms with van der Waals surface area (Å²) < 4.78 is 7.17. The summed E-state index contributed by atoms with van der Waals surface area (Å²) in [5.41, 5.74) is 1.47. The second-order valence-corrected chi connectivity index (χ2v) is 6.13. The van der Waals surface area contributed by atoms with Crippen molar-refractivity contribution >= 4 is 5.91 Å². The summed E-state index contributed by atoms with van der Waals surface area (Å²) in [6.07, 6.45) is 3.15. The first-order chi connectivity index (χ1) is 12.7. The van der Waals surface area contributed by atoms with E-state index in [-0.39, 0.29) is 11.9 Å². The third-order valence-electron chi connectivity index (χ3n) is 4.62. The summed E-state index contributed by atoms with van der Waals surface area (Å²) in [5.74, 6) is 1.86. The molecule has 2 aromatic heterocycles. The van der Waals surface area contributed by atoms with Gasteiger partial charge in [0.25, 0.3) is 5.91 Å². The molecule has 0 spiro atoms. The van der Waals surface area contributed by atoms with Crippen molar-refractivity contribution < 1.29 is 9.53 Å². The third-order valence-corrected chi connectivity index (χ3v) is 4.62. The fraction of sp³-hybridized carbons (Fsp3) is 0.263. The van der Waals surface area contributed by atoms with Crippen molar-refractivity contribution in [1.82, 2.24) is 24.6 Å². The van der Waals surface area contributed by atoms with Gasteiger partial charge < -0.3 is 9.64 Å². The zero-order chi connectivity index (χ0) is 18.1. The highest BCUT2D eigenvalue weighted by molar-refractivity contribution is 5.97. The summed E-state index contributed by atoms with van der Waals surface area (Å²) in [4.78, 5) is 23.5. The van der Waals surface area contributed by atoms with Crippen molar-refractivity contribution in [3.05, 3.63) is 60.2 Å². The van der Waals surface area contributed by atoms with Crippen LogP contribution in [0.25, 0.3) is 11.4 Å². The van der Waals surface area contributed by atoms with Crippen LogP contribution in [0.2, 0.25) is 0 Å². The minimum atomic E-state index is -0.181. The van der Waals surface area contributed by atoms with Crippen molar-refractivity contribution in [1.29, 1.82) is 0 Å². The minimum absolute atomic E-state index is 0.0905. The number of hydrogen-bond acceptors (Lipinski definition) is 5. The monoisotopic (exact) mass is 349 g/mol. The predicted octanol–water partition coefficient (Wildman–Crippen LogP) is 2.57. The summed E-state index contributed by atoms with van der Waals surface area (Å²) in [6.45, 7) is 3.15. The molecule has 26 heavy (non-hydrogen) atoms. The highest BCUT2D eigenvalue weighted by atomic mass is 16.5. The largest absolute Gasteiger partial charge is 0.494 e. The highest BCUT2D eigenvalue weighted by Gasteiger charge is 2.32. The Bertz CT molecular complexity index is 938. The van der Waals surface area contributed by atoms with E-state index in [1.54, 1.807) is 23.4 Å². The lowest BCUT2D eigenvalue weighted by Crippen LogP contribution is -2.41. The second-order valence-electron chi connectivity index (χ2n) is 6.13. The number of fused-ring (bicyclic) bond motifs is 1. The number of methoxy groups -OCH3 is 1. The number of pyridine rings is 1. The number of hydrogen-bond donors (Lipinski definition) is 0. The average Bonchev–Trinajstić information content (AvgIpc) is 3.14. The van der Waals surface area contributed by atoms with Gasteiger partial charge in [-0.05, 0) is 13.0 Å². The van der Waals surface area contributed by atoms with E-state index >= 15 is 0 Å². The predicted molar refractivity (Wildman–Crippen MR) is 95.7 cm³/mol. The van der Waals surface area contributed by atoms with E-state index in [1.807, 2.05) is 41.9 Å². The van der Waals surface area contributed by atoms with Crippen molar-refractivity contribution in [3.8, 4) is 17.1 Å². The van der Waals surface area contributed by atoms with Crippen molar-refractivity contribution in [2.24, 2.45) is 0 Å². The van der Waals surface area contributed by atoms with Gasteiger partial charge in [-0.1, -0.05) is 30.3 Å². The second kappa shape index (κ2) is 6.59. The fourth-order valence-corrected chi connectivity index (χ4v) is 3.22. The molecule has 7 heteroatoms. The first-order valence-corrected chi connectivity index (χ1v) is 8.48. The Morgan fingerprint density at radius 1 is 1.19 bits per heavy atom. The third kappa shape index (κ3) is 2.71. The van der Waals surface area contributed by atoms with Gasteiger partial charge in [-0.25, -0.2) is 9.67 Å². The number of nitrogens with zero attached hydrogens (tertiary/aromatic N) is 5. The molecule has 1 aliphatic rings. The van der Waals surface area contributed by atoms with E-state index in [2.05, 4.69) is 15.1 Å². The first-order valence-electron chi connectivity index (χ1n) is 8.48. The van der Waals surface area contributed by atoms with Crippen LogP contribution in [0, 0.1) is 0 Å². The Balaban J connectivity index is 1.65. The fourth-order valence-electron chi connectivity index (χ4n) is 3.22. The van der Waals surface area contributed by atoms with Gasteiger partial charge in [0, 0.05) is 18.3 Å². The van der Waals surface area contributed by atoms with Gasteiger partial charge >= 0.3 is 0 Å². The maximum absolute atomic E-state index is 13.0. The van der Waals surface area contributed by atoms with Crippen LogP contribution in [0.15, 0.2) is 48.8 Å². The standard InChI is InChI=1S/C19H19N5O2/c1-13-18-21-17(14-6-4-3-5-7-14)22-24(18)11-10-23(13)19(25)15-8-9-20-12-16(15)26-2/h3-9,12-13H,10-11H2,1-2H3/t13-/m0/s1. The zero-order valence-corrected chi connectivity index (χ0v) is 14.7. The van der Waals surface area contributed by atoms with Crippen LogP contribution in [-0.4, -0.2) is 44.2 Å². The molecular formula is C19H19N5O2. The van der Waals surface area contributed by atoms with Gasteiger partial charge in [0.15, 0.2) is 5.82 Å². The van der Waals surface area contributed by atoms with Crippen LogP contribution in [0.1, 0.15) is 29.1 Å². The molecule has 1 atom stereocenters. The van der Waals surface area contributed by atoms with Crippen LogP contribution in [0.4, 0.5) is 0 Å². The van der Waals surface area contributed by atoms with Gasteiger partial charge in [0.05, 0.1) is 31.5 Å². The number of rotatable bonds is 3. The Morgan fingerprint density at radius 3 is 2.77 bits per heavy atom. The molecule has 0 fully saturated rings. The molecule has 4 rings (SSSR count). The maximum atomic E-state index is 13.0. The highest BCUT2D eigenvalue weighted by Crippen LogP contribution is 2.29. The number of carbonyl (C=O) groups is 1. The SMILES string of the molecule is COc1cnccc1C(=O)N1CCn2nc(-c3ccccc3)nc2[C@@H]1C.